The number of nitrogens with two attached hydrogens (primary N) is 1. The van der Waals surface area contributed by atoms with Gasteiger partial charge in [0, 0.05) is 26.2 Å². The van der Waals surface area contributed by atoms with Crippen molar-refractivity contribution in [2.24, 2.45) is 5.73 Å². The van der Waals surface area contributed by atoms with Gasteiger partial charge in [-0.25, -0.2) is 4.79 Å². The van der Waals surface area contributed by atoms with E-state index < -0.39 is 11.9 Å². The Morgan fingerprint density at radius 3 is 2.58 bits per heavy atom. The molecule has 0 aromatic heterocycles. The van der Waals surface area contributed by atoms with Crippen LogP contribution in [0.5, 0.6) is 0 Å². The minimum Gasteiger partial charge on any atom is -0.465 e. The van der Waals surface area contributed by atoms with Crippen molar-refractivity contribution in [3.8, 4) is 6.07 Å². The maximum Gasteiger partial charge on any atom is 0.339 e. The Labute approximate surface area is 139 Å². The van der Waals surface area contributed by atoms with Crippen molar-refractivity contribution in [1.29, 1.82) is 5.26 Å². The van der Waals surface area contributed by atoms with Crippen molar-refractivity contribution >= 4 is 23.5 Å². The summed E-state index contributed by atoms with van der Waals surface area (Å²) in [5.41, 5.74) is 5.45. The number of rotatable bonds is 6. The molecule has 0 heterocycles. The lowest BCUT2D eigenvalue weighted by Crippen LogP contribution is -2.30. The van der Waals surface area contributed by atoms with Crippen LogP contribution in [-0.2, 0) is 14.3 Å². The van der Waals surface area contributed by atoms with E-state index in [0.29, 0.717) is 0 Å². The summed E-state index contributed by atoms with van der Waals surface area (Å²) in [6, 6.07) is 7.94. The van der Waals surface area contributed by atoms with Gasteiger partial charge in [-0.3, -0.25) is 9.59 Å². The molecule has 2 amide bonds. The van der Waals surface area contributed by atoms with E-state index in [-0.39, 0.29) is 35.8 Å². The Kier molecular flexibility index (Phi) is 7.13. The van der Waals surface area contributed by atoms with Crippen LogP contribution in [0.4, 0.5) is 5.69 Å². The van der Waals surface area contributed by atoms with Crippen LogP contribution in [0.1, 0.15) is 17.3 Å². The van der Waals surface area contributed by atoms with Crippen molar-refractivity contribution in [2.45, 2.75) is 6.92 Å². The van der Waals surface area contributed by atoms with E-state index in [0.717, 1.165) is 6.20 Å². The number of ether oxygens (including phenoxy) is 1. The van der Waals surface area contributed by atoms with Crippen LogP contribution in [0.2, 0.25) is 0 Å². The lowest BCUT2D eigenvalue weighted by Gasteiger charge is -2.16. The molecule has 0 spiro atoms. The van der Waals surface area contributed by atoms with Gasteiger partial charge in [-0.1, -0.05) is 12.1 Å². The second kappa shape index (κ2) is 9.07. The number of amides is 2. The third kappa shape index (κ3) is 4.93. The first-order chi connectivity index (χ1) is 11.4. The molecule has 0 aliphatic carbocycles. The molecule has 126 valence electrons. The molecule has 0 saturated heterocycles. The number of nitrogens with one attached hydrogen (secondary N) is 1. The van der Waals surface area contributed by atoms with Crippen LogP contribution in [0.3, 0.4) is 0 Å². The summed E-state index contributed by atoms with van der Waals surface area (Å²) in [4.78, 5) is 36.6. The van der Waals surface area contributed by atoms with Crippen LogP contribution in [0, 0.1) is 11.3 Å². The van der Waals surface area contributed by atoms with Gasteiger partial charge in [-0.05, 0) is 12.1 Å². The van der Waals surface area contributed by atoms with Crippen LogP contribution >= 0.6 is 0 Å². The fourth-order valence-electron chi connectivity index (χ4n) is 1.82. The summed E-state index contributed by atoms with van der Waals surface area (Å²) >= 11 is 0. The number of para-hydroxylation sites is 1. The maximum absolute atomic E-state index is 12.2. The molecular formula is C16H18N4O4. The molecule has 3 N–H and O–H groups in total. The summed E-state index contributed by atoms with van der Waals surface area (Å²) in [5.74, 6) is -1.73. The maximum atomic E-state index is 12.2. The standard InChI is InChI=1S/C16H18N4O4/c1-11(21)20(8-7-17)10-12(9-18)15(22)19-14-6-4-3-5-13(14)16(23)24-2/h3-6,10H,7-8,17H2,1-2H3,(H,19,22)/b12-10-. The number of esters is 1. The number of hydrogen-bond donors (Lipinski definition) is 2. The van der Waals surface area contributed by atoms with Gasteiger partial charge in [-0.15, -0.1) is 0 Å². The van der Waals surface area contributed by atoms with Gasteiger partial charge in [-0.2, -0.15) is 5.26 Å². The molecule has 0 atom stereocenters. The Hall–Kier alpha value is -3.18. The summed E-state index contributed by atoms with van der Waals surface area (Å²) in [6.07, 6.45) is 1.13. The minimum absolute atomic E-state index is 0.149. The SMILES string of the molecule is COC(=O)c1ccccc1NC(=O)/C(C#N)=C\N(CCN)C(C)=O. The van der Waals surface area contributed by atoms with Crippen molar-refractivity contribution in [3.05, 3.63) is 41.6 Å². The summed E-state index contributed by atoms with van der Waals surface area (Å²) < 4.78 is 4.64. The van der Waals surface area contributed by atoms with Crippen LogP contribution in [0.25, 0.3) is 0 Å². The molecule has 1 rings (SSSR count). The largest absolute Gasteiger partial charge is 0.465 e. The third-order valence-corrected chi connectivity index (χ3v) is 3.01. The topological polar surface area (TPSA) is 126 Å². The number of anilines is 1. The van der Waals surface area contributed by atoms with E-state index in [1.807, 2.05) is 0 Å². The van der Waals surface area contributed by atoms with Gasteiger partial charge in [0.1, 0.15) is 11.6 Å². The van der Waals surface area contributed by atoms with Gasteiger partial charge < -0.3 is 20.7 Å². The number of carbonyl (C=O) groups excluding carboxylic acids is 3. The molecule has 0 fully saturated rings. The summed E-state index contributed by atoms with van der Waals surface area (Å²) in [5, 5.41) is 11.6. The van der Waals surface area contributed by atoms with E-state index in [4.69, 9.17) is 11.0 Å². The highest BCUT2D eigenvalue weighted by molar-refractivity contribution is 6.09. The average molecular weight is 330 g/mol. The van der Waals surface area contributed by atoms with E-state index in [2.05, 4.69) is 10.1 Å². The molecule has 0 bridgehead atoms. The van der Waals surface area contributed by atoms with Gasteiger partial charge in [0.2, 0.25) is 5.91 Å². The first kappa shape index (κ1) is 18.9. The highest BCUT2D eigenvalue weighted by Gasteiger charge is 2.17. The first-order valence-corrected chi connectivity index (χ1v) is 7.02. The highest BCUT2D eigenvalue weighted by Crippen LogP contribution is 2.17. The molecule has 0 aliphatic heterocycles. The second-order valence-corrected chi connectivity index (χ2v) is 4.65. The first-order valence-electron chi connectivity index (χ1n) is 7.02. The van der Waals surface area contributed by atoms with E-state index in [1.54, 1.807) is 18.2 Å². The zero-order chi connectivity index (χ0) is 18.1. The molecule has 24 heavy (non-hydrogen) atoms. The minimum atomic E-state index is -0.753. The molecular weight excluding hydrogens is 312 g/mol. The van der Waals surface area contributed by atoms with Crippen LogP contribution < -0.4 is 11.1 Å². The predicted octanol–water partition coefficient (Wildman–Crippen LogP) is 0.626. The Morgan fingerprint density at radius 2 is 2.04 bits per heavy atom. The molecule has 0 aliphatic rings. The number of benzene rings is 1. The van der Waals surface area contributed by atoms with Gasteiger partial charge in [0.15, 0.2) is 0 Å². The van der Waals surface area contributed by atoms with Crippen molar-refractivity contribution in [1.82, 2.24) is 4.90 Å². The number of hydrogen-bond acceptors (Lipinski definition) is 6. The number of nitriles is 1. The molecule has 1 aromatic rings. The molecule has 0 saturated carbocycles. The molecule has 8 heteroatoms. The Balaban J connectivity index is 3.07. The smallest absolute Gasteiger partial charge is 0.339 e. The number of carbonyl (C=O) groups is 3. The fourth-order valence-corrected chi connectivity index (χ4v) is 1.82. The zero-order valence-corrected chi connectivity index (χ0v) is 13.4. The fraction of sp³-hybridized carbons (Fsp3) is 0.250. The Morgan fingerprint density at radius 1 is 1.38 bits per heavy atom. The Bertz CT molecular complexity index is 706. The van der Waals surface area contributed by atoms with Gasteiger partial charge in [0.25, 0.3) is 5.91 Å². The normalized spacial score (nSPS) is 10.5. The average Bonchev–Trinajstić information content (AvgIpc) is 2.58. The molecule has 0 unspecified atom stereocenters. The van der Waals surface area contributed by atoms with Gasteiger partial charge >= 0.3 is 5.97 Å². The van der Waals surface area contributed by atoms with Crippen LogP contribution in [0.15, 0.2) is 36.0 Å². The van der Waals surface area contributed by atoms with Crippen LogP contribution in [-0.4, -0.2) is 42.9 Å². The summed E-state index contributed by atoms with van der Waals surface area (Å²) in [6.45, 7) is 1.65. The predicted molar refractivity (Wildman–Crippen MR) is 86.5 cm³/mol. The number of nitrogens with zero attached hydrogens (tertiary/aromatic N) is 2. The lowest BCUT2D eigenvalue weighted by molar-refractivity contribution is -0.126. The second-order valence-electron chi connectivity index (χ2n) is 4.65. The van der Waals surface area contributed by atoms with Crippen molar-refractivity contribution in [3.63, 3.8) is 0 Å². The quantitative estimate of drug-likeness (QED) is 0.447. The molecule has 1 aromatic carbocycles. The molecule has 8 nitrogen and oxygen atoms in total. The van der Waals surface area contributed by atoms with E-state index in [9.17, 15) is 14.4 Å². The van der Waals surface area contributed by atoms with E-state index in [1.165, 1.54) is 31.1 Å². The van der Waals surface area contributed by atoms with Crippen molar-refractivity contribution < 1.29 is 19.1 Å². The number of methoxy groups -OCH3 is 1. The summed E-state index contributed by atoms with van der Waals surface area (Å²) in [7, 11) is 1.22. The lowest BCUT2D eigenvalue weighted by atomic mass is 10.1. The zero-order valence-electron chi connectivity index (χ0n) is 13.4. The monoisotopic (exact) mass is 330 g/mol. The highest BCUT2D eigenvalue weighted by atomic mass is 16.5. The third-order valence-electron chi connectivity index (χ3n) is 3.01. The molecule has 0 radical (unpaired) electrons. The van der Waals surface area contributed by atoms with Gasteiger partial charge in [0.05, 0.1) is 18.4 Å². The van der Waals surface area contributed by atoms with Crippen molar-refractivity contribution in [2.75, 3.05) is 25.5 Å². The van der Waals surface area contributed by atoms with E-state index >= 15 is 0 Å².